The summed E-state index contributed by atoms with van der Waals surface area (Å²) in [5.41, 5.74) is 0. The first-order valence-corrected chi connectivity index (χ1v) is 8.88. The van der Waals surface area contributed by atoms with E-state index in [0.717, 1.165) is 19.4 Å². The van der Waals surface area contributed by atoms with Crippen LogP contribution in [0.2, 0.25) is 0 Å². The summed E-state index contributed by atoms with van der Waals surface area (Å²) in [6.45, 7) is 3.33. The highest BCUT2D eigenvalue weighted by Crippen LogP contribution is 2.15. The van der Waals surface area contributed by atoms with Crippen LogP contribution in [0.25, 0.3) is 0 Å². The first-order valence-electron chi connectivity index (χ1n) is 7.40. The number of aromatic nitrogens is 1. The lowest BCUT2D eigenvalue weighted by atomic mass is 9.92. The lowest BCUT2D eigenvalue weighted by molar-refractivity contribution is -0.126. The molecule has 0 aromatic carbocycles. The molecule has 3 N–H and O–H groups in total. The van der Waals surface area contributed by atoms with E-state index in [1.807, 2.05) is 0 Å². The first-order chi connectivity index (χ1) is 10.5. The molecule has 0 unspecified atom stereocenters. The number of rotatable bonds is 6. The molecule has 8 heteroatoms. The highest BCUT2D eigenvalue weighted by Gasteiger charge is 2.24. The van der Waals surface area contributed by atoms with Gasteiger partial charge in [-0.2, -0.15) is 0 Å². The molecular weight excluding hydrogens is 304 g/mol. The number of carbonyl (C=O) groups excluding carboxylic acids is 1. The Morgan fingerprint density at radius 1 is 1.45 bits per heavy atom. The number of piperidine rings is 1. The van der Waals surface area contributed by atoms with Gasteiger partial charge in [-0.1, -0.05) is 0 Å². The molecule has 7 nitrogen and oxygen atoms in total. The molecule has 0 spiro atoms. The van der Waals surface area contributed by atoms with Gasteiger partial charge in [-0.3, -0.25) is 9.78 Å². The van der Waals surface area contributed by atoms with Gasteiger partial charge < -0.3 is 10.6 Å². The van der Waals surface area contributed by atoms with Crippen molar-refractivity contribution >= 4 is 15.9 Å². The van der Waals surface area contributed by atoms with Gasteiger partial charge in [0, 0.05) is 37.4 Å². The minimum atomic E-state index is -3.57. The fourth-order valence-electron chi connectivity index (χ4n) is 2.47. The van der Waals surface area contributed by atoms with Crippen molar-refractivity contribution in [2.24, 2.45) is 5.92 Å². The molecular formula is C14H22N4O3S. The second kappa shape index (κ2) is 7.66. The third-order valence-corrected chi connectivity index (χ3v) is 5.10. The molecule has 0 saturated carbocycles. The Morgan fingerprint density at radius 2 is 2.27 bits per heavy atom. The molecule has 1 amide bonds. The van der Waals surface area contributed by atoms with Gasteiger partial charge in [-0.15, -0.1) is 0 Å². The normalized spacial score (nSPS) is 22.2. The van der Waals surface area contributed by atoms with Gasteiger partial charge in [0.05, 0.1) is 0 Å². The van der Waals surface area contributed by atoms with Crippen LogP contribution >= 0.6 is 0 Å². The third-order valence-electron chi connectivity index (χ3n) is 3.66. The van der Waals surface area contributed by atoms with Crippen molar-refractivity contribution in [2.75, 3.05) is 19.6 Å². The SMILES string of the molecule is C[C@H]1C[C@@H](C(=O)NCCNS(=O)(=O)c2cccnc2)CCN1. The average Bonchev–Trinajstić information content (AvgIpc) is 2.52. The van der Waals surface area contributed by atoms with Crippen molar-refractivity contribution in [3.05, 3.63) is 24.5 Å². The molecule has 1 aromatic rings. The Labute approximate surface area is 131 Å². The number of nitrogens with zero attached hydrogens (tertiary/aromatic N) is 1. The van der Waals surface area contributed by atoms with E-state index in [1.165, 1.54) is 18.5 Å². The Bertz CT molecular complexity index is 591. The summed E-state index contributed by atoms with van der Waals surface area (Å²) >= 11 is 0. The number of amides is 1. The number of carbonyl (C=O) groups is 1. The number of sulfonamides is 1. The van der Waals surface area contributed by atoms with Crippen LogP contribution in [0, 0.1) is 5.92 Å². The van der Waals surface area contributed by atoms with Crippen molar-refractivity contribution < 1.29 is 13.2 Å². The number of hydrogen-bond acceptors (Lipinski definition) is 5. The van der Waals surface area contributed by atoms with Gasteiger partial charge in [0.15, 0.2) is 0 Å². The molecule has 0 bridgehead atoms. The highest BCUT2D eigenvalue weighted by atomic mass is 32.2. The van der Waals surface area contributed by atoms with Crippen molar-refractivity contribution in [3.8, 4) is 0 Å². The van der Waals surface area contributed by atoms with Crippen LogP contribution in [-0.2, 0) is 14.8 Å². The summed E-state index contributed by atoms with van der Waals surface area (Å²) < 4.78 is 26.3. The first kappa shape index (κ1) is 16.9. The summed E-state index contributed by atoms with van der Waals surface area (Å²) in [7, 11) is -3.57. The smallest absolute Gasteiger partial charge is 0.242 e. The quantitative estimate of drug-likeness (QED) is 0.632. The maximum atomic E-state index is 12.0. The molecule has 2 atom stereocenters. The summed E-state index contributed by atoms with van der Waals surface area (Å²) in [6, 6.07) is 3.38. The molecule has 0 aliphatic carbocycles. The second-order valence-corrected chi connectivity index (χ2v) is 7.22. The van der Waals surface area contributed by atoms with Crippen molar-refractivity contribution in [2.45, 2.75) is 30.7 Å². The van der Waals surface area contributed by atoms with Gasteiger partial charge in [-0.05, 0) is 38.4 Å². The van der Waals surface area contributed by atoms with Crippen LogP contribution < -0.4 is 15.4 Å². The molecule has 1 aliphatic heterocycles. The number of nitrogens with one attached hydrogen (secondary N) is 3. The second-order valence-electron chi connectivity index (χ2n) is 5.45. The van der Waals surface area contributed by atoms with Crippen molar-refractivity contribution in [3.63, 3.8) is 0 Å². The topological polar surface area (TPSA) is 100 Å². The molecule has 2 rings (SSSR count). The van der Waals surface area contributed by atoms with Gasteiger partial charge in [0.25, 0.3) is 0 Å². The standard InChI is InChI=1S/C14H22N4O3S/c1-11-9-12(4-6-16-11)14(19)17-7-8-18-22(20,21)13-3-2-5-15-10-13/h2-3,5,10-12,16,18H,4,6-9H2,1H3,(H,17,19)/t11-,12-/m0/s1. The number of hydrogen-bond donors (Lipinski definition) is 3. The predicted octanol–water partition coefficient (Wildman–Crippen LogP) is -0.136. The average molecular weight is 326 g/mol. The molecule has 1 fully saturated rings. The van der Waals surface area contributed by atoms with E-state index < -0.39 is 10.0 Å². The van der Waals surface area contributed by atoms with E-state index in [1.54, 1.807) is 6.07 Å². The summed E-state index contributed by atoms with van der Waals surface area (Å²) in [5.74, 6) is 0.0000984. The molecule has 1 aliphatic rings. The molecule has 0 radical (unpaired) electrons. The summed E-state index contributed by atoms with van der Waals surface area (Å²) in [5, 5.41) is 6.08. The van der Waals surface area contributed by atoms with Gasteiger partial charge in [0.1, 0.15) is 4.90 Å². The monoisotopic (exact) mass is 326 g/mol. The Balaban J connectivity index is 1.74. The molecule has 22 heavy (non-hydrogen) atoms. The van der Waals surface area contributed by atoms with E-state index in [4.69, 9.17) is 0 Å². The molecule has 2 heterocycles. The van der Waals surface area contributed by atoms with Gasteiger partial charge in [0.2, 0.25) is 15.9 Å². The fourth-order valence-corrected chi connectivity index (χ4v) is 3.47. The highest BCUT2D eigenvalue weighted by molar-refractivity contribution is 7.89. The Hall–Kier alpha value is -1.51. The third kappa shape index (κ3) is 4.75. The molecule has 1 aromatic heterocycles. The van der Waals surface area contributed by atoms with E-state index >= 15 is 0 Å². The summed E-state index contributed by atoms with van der Waals surface area (Å²) in [6.07, 6.45) is 4.43. The van der Waals surface area contributed by atoms with Crippen LogP contribution in [0.1, 0.15) is 19.8 Å². The van der Waals surface area contributed by atoms with Crippen LogP contribution in [-0.4, -0.2) is 45.0 Å². The fraction of sp³-hybridized carbons (Fsp3) is 0.571. The van der Waals surface area contributed by atoms with Crippen LogP contribution in [0.15, 0.2) is 29.4 Å². The molecule has 1 saturated heterocycles. The predicted molar refractivity (Wildman–Crippen MR) is 82.6 cm³/mol. The van der Waals surface area contributed by atoms with Crippen LogP contribution in [0.3, 0.4) is 0 Å². The lowest BCUT2D eigenvalue weighted by Gasteiger charge is -2.27. The zero-order chi connectivity index (χ0) is 16.0. The van der Waals surface area contributed by atoms with Crippen LogP contribution in [0.5, 0.6) is 0 Å². The zero-order valence-corrected chi connectivity index (χ0v) is 13.4. The minimum Gasteiger partial charge on any atom is -0.355 e. The van der Waals surface area contributed by atoms with Gasteiger partial charge in [-0.25, -0.2) is 13.1 Å². The van der Waals surface area contributed by atoms with Crippen molar-refractivity contribution in [1.29, 1.82) is 0 Å². The van der Waals surface area contributed by atoms with E-state index in [-0.39, 0.29) is 29.8 Å². The molecule has 122 valence electrons. The van der Waals surface area contributed by atoms with Gasteiger partial charge >= 0.3 is 0 Å². The maximum absolute atomic E-state index is 12.0. The number of pyridine rings is 1. The Kier molecular flexibility index (Phi) is 5.87. The zero-order valence-electron chi connectivity index (χ0n) is 12.6. The van der Waals surface area contributed by atoms with E-state index in [9.17, 15) is 13.2 Å². The van der Waals surface area contributed by atoms with E-state index in [0.29, 0.717) is 6.04 Å². The largest absolute Gasteiger partial charge is 0.355 e. The van der Waals surface area contributed by atoms with Crippen molar-refractivity contribution in [1.82, 2.24) is 20.3 Å². The lowest BCUT2D eigenvalue weighted by Crippen LogP contribution is -2.44. The van der Waals surface area contributed by atoms with Crippen LogP contribution in [0.4, 0.5) is 0 Å². The maximum Gasteiger partial charge on any atom is 0.242 e. The minimum absolute atomic E-state index is 0.00562. The Morgan fingerprint density at radius 3 is 2.95 bits per heavy atom. The van der Waals surface area contributed by atoms with E-state index in [2.05, 4.69) is 27.3 Å². The summed E-state index contributed by atoms with van der Waals surface area (Å²) in [4.78, 5) is 15.9.